The van der Waals surface area contributed by atoms with Crippen molar-refractivity contribution in [2.24, 2.45) is 11.8 Å². The highest BCUT2D eigenvalue weighted by atomic mass is 16.5. The van der Waals surface area contributed by atoms with Gasteiger partial charge in [-0.15, -0.1) is 0 Å². The fourth-order valence-electron chi connectivity index (χ4n) is 14.2. The summed E-state index contributed by atoms with van der Waals surface area (Å²) in [6.07, 6.45) is 60.5. The summed E-state index contributed by atoms with van der Waals surface area (Å²) in [7, 11) is 0. The summed E-state index contributed by atoms with van der Waals surface area (Å²) >= 11 is 0. The second-order valence-corrected chi connectivity index (χ2v) is 29.1. The fraction of sp³-hybridized carbons (Fsp3) is 0.987. The molecule has 1 aliphatic carbocycles. The Morgan fingerprint density at radius 1 is 0.407 bits per heavy atom. The molecule has 5 N–H and O–H groups in total. The zero-order chi connectivity index (χ0) is 65.6. The molecule has 4 atom stereocenters. The zero-order valence-electron chi connectivity index (χ0n) is 61.2. The van der Waals surface area contributed by atoms with Crippen LogP contribution in [0.3, 0.4) is 0 Å². The van der Waals surface area contributed by atoms with Crippen molar-refractivity contribution in [2.75, 3.05) is 125 Å². The molecule has 1 aliphatic heterocycles. The summed E-state index contributed by atoms with van der Waals surface area (Å²) in [5.41, 5.74) is 2.21. The molecule has 0 aromatic carbocycles. The Bertz CT molecular complexity index is 1460. The van der Waals surface area contributed by atoms with E-state index in [4.69, 9.17) is 9.47 Å². The lowest BCUT2D eigenvalue weighted by atomic mass is 9.73. The molecule has 1 saturated carbocycles. The number of hydroxylamine groups is 1. The molecule has 4 unspecified atom stereocenters. The number of aliphatic hydroxyl groups is 3. The predicted molar refractivity (Wildman–Crippen MR) is 388 cm³/mol. The molecule has 1 saturated heterocycles. The van der Waals surface area contributed by atoms with Crippen molar-refractivity contribution in [1.29, 1.82) is 0 Å². The van der Waals surface area contributed by atoms with Gasteiger partial charge in [-0.3, -0.25) is 24.4 Å². The van der Waals surface area contributed by atoms with Crippen LogP contribution < -0.4 is 5.48 Å². The normalized spacial score (nSPS) is 15.7. The maximum atomic E-state index is 13.6. The zero-order valence-corrected chi connectivity index (χ0v) is 61.2. The SMILES string of the molecule is CCCCCCCCCCCCC(O)CN(CCOCCN(CCN1CCN(CCOCCN(CC(O)CCCCCCCCCCCC)CC(CCCCCCCCCCCC)C2CCC2)CC1)C(=O)CCCNO)CC(O)CCCCCCCCCCCC. The average molecular weight is 1290 g/mol. The molecular weight excluding hydrogens is 1130 g/mol. The van der Waals surface area contributed by atoms with Crippen LogP contribution >= 0.6 is 0 Å². The Balaban J connectivity index is 1.86. The van der Waals surface area contributed by atoms with Crippen LogP contribution in [0.15, 0.2) is 0 Å². The van der Waals surface area contributed by atoms with Crippen molar-refractivity contribution in [2.45, 2.75) is 361 Å². The molecule has 91 heavy (non-hydrogen) atoms. The van der Waals surface area contributed by atoms with E-state index in [-0.39, 0.29) is 12.0 Å². The molecule has 1 heterocycles. The van der Waals surface area contributed by atoms with Gasteiger partial charge in [-0.2, -0.15) is 0 Å². The van der Waals surface area contributed by atoms with Crippen LogP contribution in [0.25, 0.3) is 0 Å². The Hall–Kier alpha value is -0.970. The number of unbranched alkanes of at least 4 members (excludes halogenated alkanes) is 36. The summed E-state index contributed by atoms with van der Waals surface area (Å²) < 4.78 is 12.7. The minimum atomic E-state index is -0.421. The van der Waals surface area contributed by atoms with E-state index >= 15 is 0 Å². The van der Waals surface area contributed by atoms with Gasteiger partial charge in [0.25, 0.3) is 0 Å². The van der Waals surface area contributed by atoms with Crippen molar-refractivity contribution in [3.8, 4) is 0 Å². The maximum absolute atomic E-state index is 13.6. The molecule has 2 aliphatic rings. The maximum Gasteiger partial charge on any atom is 0.222 e. The van der Waals surface area contributed by atoms with Crippen LogP contribution in [0.1, 0.15) is 342 Å². The molecule has 2 rings (SSSR count). The third-order valence-corrected chi connectivity index (χ3v) is 20.7. The molecule has 0 aromatic heterocycles. The highest BCUT2D eigenvalue weighted by Crippen LogP contribution is 2.37. The molecule has 1 amide bonds. The van der Waals surface area contributed by atoms with E-state index in [1.54, 1.807) is 0 Å². The molecule has 13 nitrogen and oxygen atoms in total. The number of nitrogens with zero attached hydrogens (tertiary/aromatic N) is 5. The molecule has 13 heteroatoms. The number of nitrogens with one attached hydrogen (secondary N) is 1. The van der Waals surface area contributed by atoms with Crippen molar-refractivity contribution in [1.82, 2.24) is 30.0 Å². The van der Waals surface area contributed by atoms with Crippen molar-refractivity contribution >= 4 is 5.91 Å². The van der Waals surface area contributed by atoms with Gasteiger partial charge < -0.3 is 34.9 Å². The Labute approximate surface area is 565 Å². The lowest BCUT2D eigenvalue weighted by Gasteiger charge is -2.38. The second kappa shape index (κ2) is 65.0. The number of piperazine rings is 1. The van der Waals surface area contributed by atoms with Crippen LogP contribution in [-0.4, -0.2) is 194 Å². The lowest BCUT2D eigenvalue weighted by molar-refractivity contribution is -0.132. The number of carbonyl (C=O) groups is 1. The van der Waals surface area contributed by atoms with Gasteiger partial charge in [0, 0.05) is 105 Å². The van der Waals surface area contributed by atoms with Gasteiger partial charge in [0.1, 0.15) is 0 Å². The Kier molecular flexibility index (Phi) is 61.5. The molecule has 0 aromatic rings. The fourth-order valence-corrected chi connectivity index (χ4v) is 14.2. The van der Waals surface area contributed by atoms with Gasteiger partial charge in [-0.05, 0) is 43.9 Å². The standard InChI is InChI=1S/C78H158N6O7/c1-5-9-13-17-21-25-29-33-37-41-47-74(73-48-45-49-73)69-82(70-75(85)50-42-38-34-30-26-22-18-14-10-6-2)62-66-90-65-61-81-57-55-80(56-58-81)59-60-84(78(88)53-46-54-79-89)64-68-91-67-63-83(71-76(86)51-43-39-35-31-27-23-19-15-11-7-3)72-77(87)52-44-40-36-32-28-24-20-16-12-8-4/h73-77,79,85-87,89H,5-72H2,1-4H3. The average Bonchev–Trinajstić information content (AvgIpc) is 2.60. The minimum Gasteiger partial charge on any atom is -0.392 e. The summed E-state index contributed by atoms with van der Waals surface area (Å²) in [6.45, 7) is 23.2. The smallest absolute Gasteiger partial charge is 0.222 e. The minimum absolute atomic E-state index is 0.0938. The third kappa shape index (κ3) is 52.8. The lowest BCUT2D eigenvalue weighted by Crippen LogP contribution is -2.50. The van der Waals surface area contributed by atoms with Gasteiger partial charge in [0.05, 0.1) is 44.7 Å². The quantitative estimate of drug-likeness (QED) is 0.0292. The Morgan fingerprint density at radius 2 is 0.736 bits per heavy atom. The van der Waals surface area contributed by atoms with Gasteiger partial charge in [-0.25, -0.2) is 5.48 Å². The van der Waals surface area contributed by atoms with E-state index in [0.29, 0.717) is 71.9 Å². The summed E-state index contributed by atoms with van der Waals surface area (Å²) in [6, 6.07) is 0. The third-order valence-electron chi connectivity index (χ3n) is 20.7. The number of aliphatic hydroxyl groups excluding tert-OH is 3. The van der Waals surface area contributed by atoms with E-state index in [1.165, 1.54) is 263 Å². The first-order chi connectivity index (χ1) is 44.7. The van der Waals surface area contributed by atoms with Crippen LogP contribution in [-0.2, 0) is 14.3 Å². The monoisotopic (exact) mass is 1290 g/mol. The first-order valence-corrected chi connectivity index (χ1v) is 40.5. The largest absolute Gasteiger partial charge is 0.392 e. The number of carbonyl (C=O) groups excluding carboxylic acids is 1. The van der Waals surface area contributed by atoms with Crippen LogP contribution in [0, 0.1) is 11.8 Å². The van der Waals surface area contributed by atoms with Crippen molar-refractivity contribution in [3.63, 3.8) is 0 Å². The highest BCUT2D eigenvalue weighted by Gasteiger charge is 2.29. The summed E-state index contributed by atoms with van der Waals surface area (Å²) in [5, 5.41) is 43.1. The van der Waals surface area contributed by atoms with Gasteiger partial charge >= 0.3 is 0 Å². The van der Waals surface area contributed by atoms with E-state index in [1.807, 2.05) is 4.90 Å². The summed E-state index contributed by atoms with van der Waals surface area (Å²) in [4.78, 5) is 25.4. The van der Waals surface area contributed by atoms with Crippen LogP contribution in [0.4, 0.5) is 0 Å². The van der Waals surface area contributed by atoms with Crippen LogP contribution in [0.5, 0.6) is 0 Å². The van der Waals surface area contributed by atoms with E-state index in [2.05, 4.69) is 52.8 Å². The van der Waals surface area contributed by atoms with Crippen molar-refractivity contribution < 1.29 is 34.8 Å². The van der Waals surface area contributed by atoms with E-state index < -0.39 is 12.2 Å². The van der Waals surface area contributed by atoms with Crippen molar-refractivity contribution in [3.05, 3.63) is 0 Å². The molecule has 0 radical (unpaired) electrons. The number of ether oxygens (including phenoxy) is 2. The molecule has 0 spiro atoms. The molecule has 2 fully saturated rings. The summed E-state index contributed by atoms with van der Waals surface area (Å²) in [5.74, 6) is 1.68. The van der Waals surface area contributed by atoms with Crippen LogP contribution in [0.2, 0.25) is 0 Å². The topological polar surface area (TPSA) is 145 Å². The van der Waals surface area contributed by atoms with Gasteiger partial charge in [0.2, 0.25) is 5.91 Å². The number of amides is 1. The number of hydrogen-bond acceptors (Lipinski definition) is 12. The first kappa shape index (κ1) is 86.1. The van der Waals surface area contributed by atoms with E-state index in [0.717, 1.165) is 116 Å². The molecular formula is C78H158N6O7. The molecule has 542 valence electrons. The predicted octanol–water partition coefficient (Wildman–Crippen LogP) is 17.6. The van der Waals surface area contributed by atoms with Gasteiger partial charge in [0.15, 0.2) is 0 Å². The number of rotatable bonds is 72. The van der Waals surface area contributed by atoms with Gasteiger partial charge in [-0.1, -0.05) is 304 Å². The first-order valence-electron chi connectivity index (χ1n) is 40.5. The second-order valence-electron chi connectivity index (χ2n) is 29.1. The van der Waals surface area contributed by atoms with E-state index in [9.17, 15) is 25.3 Å². The highest BCUT2D eigenvalue weighted by molar-refractivity contribution is 5.76. The molecule has 0 bridgehead atoms. The number of hydrogen-bond donors (Lipinski definition) is 5. The Morgan fingerprint density at radius 3 is 1.10 bits per heavy atom.